The Bertz CT molecular complexity index is 556. The second-order valence-electron chi connectivity index (χ2n) is 5.22. The number of fused-ring (bicyclic) bond motifs is 1. The molecule has 2 aromatic rings. The topological polar surface area (TPSA) is 24.9 Å². The number of nitrogens with one attached hydrogen (secondary N) is 1. The molecule has 0 aliphatic carbocycles. The van der Waals surface area contributed by atoms with Gasteiger partial charge in [-0.05, 0) is 18.2 Å². The number of hydrogen-bond donors (Lipinski definition) is 1. The molecular weight excluding hydrogens is 215 g/mol. The van der Waals surface area contributed by atoms with Crippen molar-refractivity contribution in [1.82, 2.24) is 4.98 Å². The molecule has 0 radical (unpaired) electrons. The summed E-state index contributed by atoms with van der Waals surface area (Å²) in [5, 5.41) is 4.09. The smallest absolute Gasteiger partial charge is 0.125 e. The minimum atomic E-state index is -0.252. The van der Waals surface area contributed by atoms with E-state index in [1.807, 2.05) is 13.1 Å². The maximum absolute atomic E-state index is 13.2. The highest BCUT2D eigenvalue weighted by atomic mass is 19.1. The fourth-order valence-corrected chi connectivity index (χ4v) is 1.79. The molecule has 90 valence electrons. The second-order valence-corrected chi connectivity index (χ2v) is 5.22. The van der Waals surface area contributed by atoms with Gasteiger partial charge in [0.1, 0.15) is 5.82 Å². The molecule has 2 rings (SSSR count). The van der Waals surface area contributed by atoms with Crippen LogP contribution in [0.2, 0.25) is 0 Å². The normalized spacial score (nSPS) is 11.8. The van der Waals surface area contributed by atoms with Crippen molar-refractivity contribution in [3.8, 4) is 0 Å². The minimum Gasteiger partial charge on any atom is -0.388 e. The van der Waals surface area contributed by atoms with Crippen molar-refractivity contribution in [2.45, 2.75) is 26.2 Å². The van der Waals surface area contributed by atoms with Crippen LogP contribution in [0.1, 0.15) is 26.5 Å². The number of benzene rings is 1. The fourth-order valence-electron chi connectivity index (χ4n) is 1.79. The Hall–Kier alpha value is -1.64. The van der Waals surface area contributed by atoms with E-state index < -0.39 is 0 Å². The van der Waals surface area contributed by atoms with E-state index in [4.69, 9.17) is 0 Å². The zero-order valence-electron chi connectivity index (χ0n) is 10.6. The summed E-state index contributed by atoms with van der Waals surface area (Å²) >= 11 is 0. The highest BCUT2D eigenvalue weighted by Gasteiger charge is 2.17. The van der Waals surface area contributed by atoms with Gasteiger partial charge in [0, 0.05) is 35.3 Å². The molecule has 1 aromatic carbocycles. The molecule has 0 unspecified atom stereocenters. The molecule has 3 heteroatoms. The van der Waals surface area contributed by atoms with E-state index in [1.165, 1.54) is 12.1 Å². The molecule has 0 amide bonds. The van der Waals surface area contributed by atoms with E-state index in [2.05, 4.69) is 31.1 Å². The Balaban J connectivity index is 2.76. The molecule has 0 fully saturated rings. The summed E-state index contributed by atoms with van der Waals surface area (Å²) in [5.74, 6) is -0.252. The van der Waals surface area contributed by atoms with E-state index in [1.54, 1.807) is 6.07 Å². The van der Waals surface area contributed by atoms with Crippen molar-refractivity contribution in [3.63, 3.8) is 0 Å². The number of aromatic nitrogens is 1. The standard InChI is InChI=1S/C14H17FN2/c1-14(2,3)13-8-11(16-4)10-6-5-9(15)7-12(10)17-13/h5-8H,1-4H3,(H,16,17). The molecule has 0 spiro atoms. The van der Waals surface area contributed by atoms with Crippen LogP contribution in [0.15, 0.2) is 24.3 Å². The van der Waals surface area contributed by atoms with Crippen LogP contribution in [0.4, 0.5) is 10.1 Å². The lowest BCUT2D eigenvalue weighted by Crippen LogP contribution is -2.14. The largest absolute Gasteiger partial charge is 0.388 e. The molecule has 17 heavy (non-hydrogen) atoms. The van der Waals surface area contributed by atoms with Gasteiger partial charge in [0.15, 0.2) is 0 Å². The second kappa shape index (κ2) is 3.99. The predicted octanol–water partition coefficient (Wildman–Crippen LogP) is 3.71. The summed E-state index contributed by atoms with van der Waals surface area (Å²) in [7, 11) is 1.87. The van der Waals surface area contributed by atoms with Gasteiger partial charge in [-0.3, -0.25) is 4.98 Å². The average Bonchev–Trinajstić information content (AvgIpc) is 2.25. The van der Waals surface area contributed by atoms with Crippen LogP contribution in [-0.2, 0) is 5.41 Å². The van der Waals surface area contributed by atoms with Crippen LogP contribution in [-0.4, -0.2) is 12.0 Å². The fraction of sp³-hybridized carbons (Fsp3) is 0.357. The van der Waals surface area contributed by atoms with Crippen molar-refractivity contribution in [3.05, 3.63) is 35.8 Å². The summed E-state index contributed by atoms with van der Waals surface area (Å²) < 4.78 is 13.2. The maximum Gasteiger partial charge on any atom is 0.125 e. The number of pyridine rings is 1. The summed E-state index contributed by atoms with van der Waals surface area (Å²) in [5.41, 5.74) is 2.59. The lowest BCUT2D eigenvalue weighted by molar-refractivity contribution is 0.571. The zero-order chi connectivity index (χ0) is 12.6. The average molecular weight is 232 g/mol. The molecule has 0 saturated heterocycles. The molecule has 1 heterocycles. The van der Waals surface area contributed by atoms with Gasteiger partial charge >= 0.3 is 0 Å². The predicted molar refractivity (Wildman–Crippen MR) is 69.9 cm³/mol. The number of rotatable bonds is 1. The minimum absolute atomic E-state index is 0.0495. The third-order valence-electron chi connectivity index (χ3n) is 2.81. The summed E-state index contributed by atoms with van der Waals surface area (Å²) in [6.45, 7) is 6.29. The van der Waals surface area contributed by atoms with Crippen LogP contribution in [0.3, 0.4) is 0 Å². The van der Waals surface area contributed by atoms with Gasteiger partial charge in [-0.25, -0.2) is 4.39 Å². The Kier molecular flexibility index (Phi) is 2.77. The number of halogens is 1. The van der Waals surface area contributed by atoms with E-state index in [0.717, 1.165) is 16.8 Å². The SMILES string of the molecule is CNc1cc(C(C)(C)C)nc2cc(F)ccc12. The molecule has 0 aliphatic heterocycles. The first-order valence-electron chi connectivity index (χ1n) is 5.70. The van der Waals surface area contributed by atoms with Crippen molar-refractivity contribution in [2.24, 2.45) is 0 Å². The molecule has 0 bridgehead atoms. The van der Waals surface area contributed by atoms with Crippen LogP contribution < -0.4 is 5.32 Å². The van der Waals surface area contributed by atoms with Gasteiger partial charge in [-0.15, -0.1) is 0 Å². The lowest BCUT2D eigenvalue weighted by atomic mass is 9.91. The molecular formula is C14H17FN2. The van der Waals surface area contributed by atoms with Gasteiger partial charge in [0.25, 0.3) is 0 Å². The number of hydrogen-bond acceptors (Lipinski definition) is 2. The Labute approximate surface area is 101 Å². The van der Waals surface area contributed by atoms with Crippen molar-refractivity contribution < 1.29 is 4.39 Å². The van der Waals surface area contributed by atoms with Gasteiger partial charge in [0.05, 0.1) is 5.52 Å². The molecule has 0 aliphatic rings. The zero-order valence-corrected chi connectivity index (χ0v) is 10.6. The van der Waals surface area contributed by atoms with Crippen LogP contribution >= 0.6 is 0 Å². The van der Waals surface area contributed by atoms with Crippen LogP contribution in [0, 0.1) is 5.82 Å². The summed E-state index contributed by atoms with van der Waals surface area (Å²) in [6.07, 6.45) is 0. The molecule has 1 N–H and O–H groups in total. The monoisotopic (exact) mass is 232 g/mol. The Morgan fingerprint density at radius 1 is 1.18 bits per heavy atom. The van der Waals surface area contributed by atoms with E-state index in [0.29, 0.717) is 5.52 Å². The van der Waals surface area contributed by atoms with E-state index in [-0.39, 0.29) is 11.2 Å². The highest BCUT2D eigenvalue weighted by molar-refractivity contribution is 5.91. The van der Waals surface area contributed by atoms with Gasteiger partial charge in [0.2, 0.25) is 0 Å². The molecule has 2 nitrogen and oxygen atoms in total. The van der Waals surface area contributed by atoms with Crippen molar-refractivity contribution >= 4 is 16.6 Å². The first-order chi connectivity index (χ1) is 7.91. The number of anilines is 1. The van der Waals surface area contributed by atoms with E-state index >= 15 is 0 Å². The first kappa shape index (κ1) is 11.8. The van der Waals surface area contributed by atoms with Gasteiger partial charge in [-0.1, -0.05) is 20.8 Å². The summed E-state index contributed by atoms with van der Waals surface area (Å²) in [4.78, 5) is 4.54. The quantitative estimate of drug-likeness (QED) is 0.810. The Morgan fingerprint density at radius 3 is 2.47 bits per heavy atom. The Morgan fingerprint density at radius 2 is 1.88 bits per heavy atom. The maximum atomic E-state index is 13.2. The lowest BCUT2D eigenvalue weighted by Gasteiger charge is -2.20. The third kappa shape index (κ3) is 2.23. The summed E-state index contributed by atoms with van der Waals surface area (Å²) in [6, 6.07) is 6.73. The molecule has 0 saturated carbocycles. The van der Waals surface area contributed by atoms with Crippen LogP contribution in [0.25, 0.3) is 10.9 Å². The highest BCUT2D eigenvalue weighted by Crippen LogP contribution is 2.29. The molecule has 1 aromatic heterocycles. The van der Waals surface area contributed by atoms with Gasteiger partial charge < -0.3 is 5.32 Å². The van der Waals surface area contributed by atoms with Crippen molar-refractivity contribution in [1.29, 1.82) is 0 Å². The van der Waals surface area contributed by atoms with Crippen LogP contribution in [0.5, 0.6) is 0 Å². The third-order valence-corrected chi connectivity index (χ3v) is 2.81. The van der Waals surface area contributed by atoms with E-state index in [9.17, 15) is 4.39 Å². The number of nitrogens with zero attached hydrogens (tertiary/aromatic N) is 1. The first-order valence-corrected chi connectivity index (χ1v) is 5.70. The van der Waals surface area contributed by atoms with Crippen molar-refractivity contribution in [2.75, 3.05) is 12.4 Å². The van der Waals surface area contributed by atoms with Gasteiger partial charge in [-0.2, -0.15) is 0 Å². The molecule has 0 atom stereocenters.